The van der Waals surface area contributed by atoms with Gasteiger partial charge in [0, 0.05) is 7.05 Å². The summed E-state index contributed by atoms with van der Waals surface area (Å²) in [5.74, 6) is 0.801. The maximum Gasteiger partial charge on any atom is 0.323 e. The second-order valence-electron chi connectivity index (χ2n) is 4.06. The first-order chi connectivity index (χ1) is 9.62. The molecule has 0 radical (unpaired) electrons. The van der Waals surface area contributed by atoms with E-state index in [-0.39, 0.29) is 6.01 Å². The highest BCUT2D eigenvalue weighted by Gasteiger charge is 2.08. The lowest BCUT2D eigenvalue weighted by molar-refractivity contribution is 0.312. The molecule has 0 aliphatic carbocycles. The van der Waals surface area contributed by atoms with Crippen LogP contribution in [0.15, 0.2) is 18.2 Å². The normalized spacial score (nSPS) is 10.2. The number of benzene rings is 1. The molecule has 2 rings (SSSR count). The molecular formula is C13H16ClN5O. The molecule has 0 amide bonds. The van der Waals surface area contributed by atoms with Crippen molar-refractivity contribution >= 4 is 29.2 Å². The van der Waals surface area contributed by atoms with Gasteiger partial charge in [0.1, 0.15) is 0 Å². The maximum absolute atomic E-state index is 6.14. The molecule has 0 bridgehead atoms. The molecule has 20 heavy (non-hydrogen) atoms. The summed E-state index contributed by atoms with van der Waals surface area (Å²) in [6.45, 7) is 4.34. The Kier molecular flexibility index (Phi) is 4.57. The van der Waals surface area contributed by atoms with Crippen LogP contribution in [0.1, 0.15) is 12.5 Å². The maximum atomic E-state index is 6.14. The fourth-order valence-electron chi connectivity index (χ4n) is 1.57. The van der Waals surface area contributed by atoms with Gasteiger partial charge < -0.3 is 15.4 Å². The third-order valence-electron chi connectivity index (χ3n) is 2.48. The van der Waals surface area contributed by atoms with Crippen LogP contribution < -0.4 is 15.4 Å². The summed E-state index contributed by atoms with van der Waals surface area (Å²) in [5, 5.41) is 6.53. The quantitative estimate of drug-likeness (QED) is 0.883. The molecule has 0 aliphatic heterocycles. The van der Waals surface area contributed by atoms with Crippen molar-refractivity contribution in [3.05, 3.63) is 28.8 Å². The average molecular weight is 294 g/mol. The minimum atomic E-state index is 0.262. The van der Waals surface area contributed by atoms with Crippen molar-refractivity contribution in [1.29, 1.82) is 0 Å². The fraction of sp³-hybridized carbons (Fsp3) is 0.308. The molecule has 106 valence electrons. The zero-order valence-electron chi connectivity index (χ0n) is 11.6. The van der Waals surface area contributed by atoms with Crippen molar-refractivity contribution in [2.45, 2.75) is 13.8 Å². The van der Waals surface area contributed by atoms with E-state index in [1.54, 1.807) is 7.05 Å². The molecule has 0 atom stereocenters. The average Bonchev–Trinajstić information content (AvgIpc) is 2.43. The Morgan fingerprint density at radius 2 is 1.95 bits per heavy atom. The summed E-state index contributed by atoms with van der Waals surface area (Å²) in [7, 11) is 1.73. The minimum absolute atomic E-state index is 0.262. The molecule has 0 spiro atoms. The molecule has 0 unspecified atom stereocenters. The van der Waals surface area contributed by atoms with Crippen LogP contribution in [0.4, 0.5) is 17.6 Å². The molecule has 1 aromatic carbocycles. The fourth-order valence-corrected chi connectivity index (χ4v) is 1.74. The van der Waals surface area contributed by atoms with E-state index in [9.17, 15) is 0 Å². The summed E-state index contributed by atoms with van der Waals surface area (Å²) in [5.41, 5.74) is 1.83. The summed E-state index contributed by atoms with van der Waals surface area (Å²) in [6.07, 6.45) is 0. The van der Waals surface area contributed by atoms with Crippen molar-refractivity contribution in [2.24, 2.45) is 0 Å². The van der Waals surface area contributed by atoms with Crippen LogP contribution in [0.2, 0.25) is 5.02 Å². The molecular weight excluding hydrogens is 278 g/mol. The highest BCUT2D eigenvalue weighted by Crippen LogP contribution is 2.25. The third kappa shape index (κ3) is 3.48. The third-order valence-corrected chi connectivity index (χ3v) is 2.81. The molecule has 0 saturated heterocycles. The number of hydrogen-bond donors (Lipinski definition) is 2. The van der Waals surface area contributed by atoms with Crippen LogP contribution in [-0.2, 0) is 0 Å². The van der Waals surface area contributed by atoms with Crippen LogP contribution in [0, 0.1) is 6.92 Å². The van der Waals surface area contributed by atoms with Crippen molar-refractivity contribution in [1.82, 2.24) is 15.0 Å². The first-order valence-electron chi connectivity index (χ1n) is 6.22. The Morgan fingerprint density at radius 1 is 1.20 bits per heavy atom. The van der Waals surface area contributed by atoms with Crippen molar-refractivity contribution in [3.8, 4) is 6.01 Å². The summed E-state index contributed by atoms with van der Waals surface area (Å²) in [4.78, 5) is 12.5. The molecule has 1 heterocycles. The number of anilines is 3. The number of ether oxygens (including phenoxy) is 1. The molecule has 0 fully saturated rings. The number of aryl methyl sites for hydroxylation is 1. The lowest BCUT2D eigenvalue weighted by atomic mass is 10.2. The number of aromatic nitrogens is 3. The smallest absolute Gasteiger partial charge is 0.323 e. The second kappa shape index (κ2) is 6.38. The first kappa shape index (κ1) is 14.3. The molecule has 2 aromatic rings. The topological polar surface area (TPSA) is 72.0 Å². The zero-order chi connectivity index (χ0) is 14.5. The molecule has 7 heteroatoms. The largest absolute Gasteiger partial charge is 0.464 e. The van der Waals surface area contributed by atoms with E-state index in [0.717, 1.165) is 11.3 Å². The van der Waals surface area contributed by atoms with Gasteiger partial charge in [0.2, 0.25) is 11.9 Å². The molecule has 2 N–H and O–H groups in total. The van der Waals surface area contributed by atoms with Gasteiger partial charge in [-0.15, -0.1) is 0 Å². The summed E-state index contributed by atoms with van der Waals surface area (Å²) >= 11 is 6.14. The molecule has 0 aliphatic rings. The molecule has 0 saturated carbocycles. The van der Waals surface area contributed by atoms with Gasteiger partial charge in [-0.1, -0.05) is 17.7 Å². The standard InChI is InChI=1S/C13H16ClN5O/c1-4-20-13-18-11(15-3)17-12(19-13)16-10-7-8(2)5-6-9(10)14/h5-7H,4H2,1-3H3,(H2,15,16,17,18,19). The van der Waals surface area contributed by atoms with Crippen LogP contribution in [0.3, 0.4) is 0 Å². The minimum Gasteiger partial charge on any atom is -0.464 e. The Hall–Kier alpha value is -2.08. The van der Waals surface area contributed by atoms with Gasteiger partial charge in [-0.3, -0.25) is 0 Å². The Morgan fingerprint density at radius 3 is 2.65 bits per heavy atom. The number of nitrogens with zero attached hydrogens (tertiary/aromatic N) is 3. The monoisotopic (exact) mass is 293 g/mol. The highest BCUT2D eigenvalue weighted by atomic mass is 35.5. The summed E-state index contributed by atoms with van der Waals surface area (Å²) < 4.78 is 5.31. The number of nitrogens with one attached hydrogen (secondary N) is 2. The predicted octanol–water partition coefficient (Wildman–Crippen LogP) is 3.02. The molecule has 6 nitrogen and oxygen atoms in total. The first-order valence-corrected chi connectivity index (χ1v) is 6.60. The highest BCUT2D eigenvalue weighted by molar-refractivity contribution is 6.33. The predicted molar refractivity (Wildman–Crippen MR) is 80.0 cm³/mol. The number of hydrogen-bond acceptors (Lipinski definition) is 6. The van der Waals surface area contributed by atoms with Crippen LogP contribution in [0.5, 0.6) is 6.01 Å². The SMILES string of the molecule is CCOc1nc(NC)nc(Nc2cc(C)ccc2Cl)n1. The Balaban J connectivity index is 2.32. The second-order valence-corrected chi connectivity index (χ2v) is 4.46. The van der Waals surface area contributed by atoms with Crippen LogP contribution in [0.25, 0.3) is 0 Å². The van der Waals surface area contributed by atoms with Crippen LogP contribution in [-0.4, -0.2) is 28.6 Å². The van der Waals surface area contributed by atoms with E-state index in [0.29, 0.717) is 23.5 Å². The van der Waals surface area contributed by atoms with E-state index >= 15 is 0 Å². The van der Waals surface area contributed by atoms with Crippen molar-refractivity contribution in [2.75, 3.05) is 24.3 Å². The van der Waals surface area contributed by atoms with Gasteiger partial charge in [-0.05, 0) is 31.5 Å². The van der Waals surface area contributed by atoms with Crippen molar-refractivity contribution < 1.29 is 4.74 Å². The van der Waals surface area contributed by atoms with E-state index in [4.69, 9.17) is 16.3 Å². The zero-order valence-corrected chi connectivity index (χ0v) is 12.3. The number of halogens is 1. The van der Waals surface area contributed by atoms with Gasteiger partial charge in [0.05, 0.1) is 17.3 Å². The van der Waals surface area contributed by atoms with Gasteiger partial charge in [0.25, 0.3) is 0 Å². The lowest BCUT2D eigenvalue weighted by Crippen LogP contribution is -2.07. The van der Waals surface area contributed by atoms with E-state index < -0.39 is 0 Å². The van der Waals surface area contributed by atoms with Gasteiger partial charge in [-0.2, -0.15) is 15.0 Å². The lowest BCUT2D eigenvalue weighted by Gasteiger charge is -2.10. The van der Waals surface area contributed by atoms with Gasteiger partial charge in [0.15, 0.2) is 0 Å². The van der Waals surface area contributed by atoms with Crippen LogP contribution >= 0.6 is 11.6 Å². The van der Waals surface area contributed by atoms with E-state index in [2.05, 4.69) is 25.6 Å². The van der Waals surface area contributed by atoms with E-state index in [1.807, 2.05) is 32.0 Å². The Bertz CT molecular complexity index is 605. The van der Waals surface area contributed by atoms with E-state index in [1.165, 1.54) is 0 Å². The number of rotatable bonds is 5. The molecule has 1 aromatic heterocycles. The van der Waals surface area contributed by atoms with Crippen molar-refractivity contribution in [3.63, 3.8) is 0 Å². The summed E-state index contributed by atoms with van der Waals surface area (Å²) in [6, 6.07) is 5.94. The van der Waals surface area contributed by atoms with Gasteiger partial charge >= 0.3 is 6.01 Å². The van der Waals surface area contributed by atoms with Gasteiger partial charge in [-0.25, -0.2) is 0 Å². The Labute approximate surface area is 122 Å².